The third kappa shape index (κ3) is 68.0. The second kappa shape index (κ2) is 69.8. The van der Waals surface area contributed by atoms with Crippen molar-refractivity contribution in [2.45, 2.75) is 309 Å². The summed E-state index contributed by atoms with van der Waals surface area (Å²) in [5.41, 5.74) is 0. The lowest BCUT2D eigenvalue weighted by Gasteiger charge is -2.18. The average molecular weight is 1150 g/mol. The van der Waals surface area contributed by atoms with Crippen LogP contribution >= 0.6 is 0 Å². The molecule has 0 aliphatic heterocycles. The molecule has 0 aliphatic rings. The summed E-state index contributed by atoms with van der Waals surface area (Å²) in [5.74, 6) is -0.935. The van der Waals surface area contributed by atoms with Crippen molar-refractivity contribution in [3.63, 3.8) is 0 Å². The van der Waals surface area contributed by atoms with E-state index in [1.807, 2.05) is 0 Å². The summed E-state index contributed by atoms with van der Waals surface area (Å²) in [5, 5.41) is 0. The number of hydrogen-bond acceptors (Lipinski definition) is 6. The number of carbonyl (C=O) groups is 3. The molecule has 1 atom stereocenters. The number of allylic oxidation sites excluding steroid dienone is 24. The maximum atomic E-state index is 13.0. The van der Waals surface area contributed by atoms with E-state index in [2.05, 4.69) is 167 Å². The van der Waals surface area contributed by atoms with E-state index in [1.54, 1.807) is 0 Å². The normalized spacial score (nSPS) is 13.0. The van der Waals surface area contributed by atoms with Crippen LogP contribution < -0.4 is 0 Å². The number of rotatable bonds is 61. The Kier molecular flexibility index (Phi) is 65.8. The van der Waals surface area contributed by atoms with E-state index in [4.69, 9.17) is 14.2 Å². The van der Waals surface area contributed by atoms with Gasteiger partial charge in [-0.2, -0.15) is 0 Å². The lowest BCUT2D eigenvalue weighted by atomic mass is 10.1. The topological polar surface area (TPSA) is 78.9 Å². The molecule has 0 aromatic rings. The van der Waals surface area contributed by atoms with E-state index >= 15 is 0 Å². The van der Waals surface area contributed by atoms with Gasteiger partial charge < -0.3 is 14.2 Å². The number of esters is 3. The molecule has 0 radical (unpaired) electrons. The Morgan fingerprint density at radius 2 is 0.470 bits per heavy atom. The van der Waals surface area contributed by atoms with Gasteiger partial charge in [-0.15, -0.1) is 0 Å². The van der Waals surface area contributed by atoms with Gasteiger partial charge in [0.25, 0.3) is 0 Å². The van der Waals surface area contributed by atoms with Gasteiger partial charge in [0.1, 0.15) is 13.2 Å². The molecule has 1 unspecified atom stereocenters. The predicted octanol–water partition coefficient (Wildman–Crippen LogP) is 23.9. The molecule has 0 spiro atoms. The lowest BCUT2D eigenvalue weighted by Crippen LogP contribution is -2.30. The molecule has 0 bridgehead atoms. The largest absolute Gasteiger partial charge is 0.462 e. The summed E-state index contributed by atoms with van der Waals surface area (Å²) in [6.45, 7) is 6.47. The van der Waals surface area contributed by atoms with Gasteiger partial charge in [0, 0.05) is 19.3 Å². The molecular formula is C77H126O6. The Bertz CT molecular complexity index is 1800. The zero-order chi connectivity index (χ0) is 59.9. The minimum atomic E-state index is -0.806. The smallest absolute Gasteiger partial charge is 0.306 e. The third-order valence-electron chi connectivity index (χ3n) is 14.3. The molecule has 83 heavy (non-hydrogen) atoms. The first-order valence-electron chi connectivity index (χ1n) is 34.3. The van der Waals surface area contributed by atoms with Crippen LogP contribution in [0.25, 0.3) is 0 Å². The number of carbonyl (C=O) groups excluding carboxylic acids is 3. The Balaban J connectivity index is 4.49. The van der Waals surface area contributed by atoms with Crippen LogP contribution in [0.5, 0.6) is 0 Å². The second-order valence-corrected chi connectivity index (χ2v) is 22.3. The first-order valence-corrected chi connectivity index (χ1v) is 34.3. The summed E-state index contributed by atoms with van der Waals surface area (Å²) in [6.07, 6.45) is 99.9. The van der Waals surface area contributed by atoms with Crippen LogP contribution in [0.1, 0.15) is 303 Å². The molecule has 0 aromatic heterocycles. The van der Waals surface area contributed by atoms with Crippen molar-refractivity contribution in [1.82, 2.24) is 0 Å². The van der Waals surface area contributed by atoms with Gasteiger partial charge in [0.15, 0.2) is 6.10 Å². The van der Waals surface area contributed by atoms with E-state index in [9.17, 15) is 14.4 Å². The molecule has 0 heterocycles. The van der Waals surface area contributed by atoms with Crippen LogP contribution in [0.4, 0.5) is 0 Å². The Morgan fingerprint density at radius 1 is 0.253 bits per heavy atom. The van der Waals surface area contributed by atoms with Crippen LogP contribution in [-0.4, -0.2) is 37.2 Å². The highest BCUT2D eigenvalue weighted by atomic mass is 16.6. The van der Waals surface area contributed by atoms with E-state index in [0.29, 0.717) is 19.3 Å². The highest BCUT2D eigenvalue weighted by Gasteiger charge is 2.19. The molecular weight excluding hydrogens is 1020 g/mol. The van der Waals surface area contributed by atoms with Crippen LogP contribution in [0.3, 0.4) is 0 Å². The Hall–Kier alpha value is -4.71. The zero-order valence-corrected chi connectivity index (χ0v) is 53.9. The lowest BCUT2D eigenvalue weighted by molar-refractivity contribution is -0.167. The zero-order valence-electron chi connectivity index (χ0n) is 53.9. The highest BCUT2D eigenvalue weighted by molar-refractivity contribution is 5.71. The van der Waals surface area contributed by atoms with Gasteiger partial charge in [-0.05, 0) is 148 Å². The fourth-order valence-corrected chi connectivity index (χ4v) is 9.17. The summed E-state index contributed by atoms with van der Waals surface area (Å²) in [4.78, 5) is 38.5. The summed E-state index contributed by atoms with van der Waals surface area (Å²) in [6, 6.07) is 0. The minimum absolute atomic E-state index is 0.0999. The Labute approximate surface area is 512 Å². The predicted molar refractivity (Wildman–Crippen MR) is 362 cm³/mol. The van der Waals surface area contributed by atoms with Crippen molar-refractivity contribution in [1.29, 1.82) is 0 Å². The van der Waals surface area contributed by atoms with Gasteiger partial charge in [0.2, 0.25) is 0 Å². The molecule has 6 nitrogen and oxygen atoms in total. The number of ether oxygens (including phenoxy) is 3. The fraction of sp³-hybridized carbons (Fsp3) is 0.649. The first-order chi connectivity index (χ1) is 41.0. The van der Waals surface area contributed by atoms with Crippen molar-refractivity contribution >= 4 is 17.9 Å². The summed E-state index contributed by atoms with van der Waals surface area (Å²) < 4.78 is 17.0. The minimum Gasteiger partial charge on any atom is -0.462 e. The fourth-order valence-electron chi connectivity index (χ4n) is 9.17. The quantitative estimate of drug-likeness (QED) is 0.0261. The van der Waals surface area contributed by atoms with Gasteiger partial charge in [0.05, 0.1) is 0 Å². The highest BCUT2D eigenvalue weighted by Crippen LogP contribution is 2.15. The standard InChI is InChI=1S/C77H126O6/c1-4-7-10-13-16-19-22-25-28-31-34-36-37-38-39-41-43-46-49-52-55-58-61-64-67-70-76(79)82-73-74(72-81-75(78)69-66-63-60-57-54-51-48-45-42-33-30-27-24-21-18-15-12-9-6-3)83-77(80)71-68-65-62-59-56-53-50-47-44-40-35-32-29-26-23-20-17-14-11-8-5-2/h7,10,16,18-19,21,23,25-28,30,32,34-36,38-39,42-47,74H,4-6,8-9,11-15,17,20,22,24,29,31,33,37,40-41,48-73H2,1-3H3/b10-7-,19-16-,21-18-,26-23-,28-25-,30-27-,35-32-,36-34-,39-38-,45-42-,46-43-,47-44-. The van der Waals surface area contributed by atoms with Crippen LogP contribution in [-0.2, 0) is 28.6 Å². The van der Waals surface area contributed by atoms with E-state index in [-0.39, 0.29) is 31.1 Å². The molecule has 470 valence electrons. The van der Waals surface area contributed by atoms with Gasteiger partial charge in [-0.1, -0.05) is 282 Å². The van der Waals surface area contributed by atoms with Gasteiger partial charge in [-0.3, -0.25) is 14.4 Å². The molecule has 0 saturated heterocycles. The van der Waals surface area contributed by atoms with Crippen LogP contribution in [0.2, 0.25) is 0 Å². The van der Waals surface area contributed by atoms with Crippen molar-refractivity contribution in [2.24, 2.45) is 0 Å². The van der Waals surface area contributed by atoms with Crippen molar-refractivity contribution in [3.8, 4) is 0 Å². The maximum Gasteiger partial charge on any atom is 0.306 e. The van der Waals surface area contributed by atoms with E-state index in [0.717, 1.165) is 161 Å². The first kappa shape index (κ1) is 78.3. The van der Waals surface area contributed by atoms with Gasteiger partial charge >= 0.3 is 17.9 Å². The summed E-state index contributed by atoms with van der Waals surface area (Å²) >= 11 is 0. The van der Waals surface area contributed by atoms with Gasteiger partial charge in [-0.25, -0.2) is 0 Å². The van der Waals surface area contributed by atoms with Crippen molar-refractivity contribution < 1.29 is 28.6 Å². The molecule has 0 aliphatic carbocycles. The molecule has 0 saturated carbocycles. The molecule has 6 heteroatoms. The molecule has 0 aromatic carbocycles. The van der Waals surface area contributed by atoms with E-state index < -0.39 is 6.10 Å². The van der Waals surface area contributed by atoms with Crippen LogP contribution in [0.15, 0.2) is 146 Å². The monoisotopic (exact) mass is 1150 g/mol. The molecule has 0 amide bonds. The number of unbranched alkanes of at least 4 members (excludes halogenated alkanes) is 26. The Morgan fingerprint density at radius 3 is 0.759 bits per heavy atom. The third-order valence-corrected chi connectivity index (χ3v) is 14.3. The second-order valence-electron chi connectivity index (χ2n) is 22.3. The SMILES string of the molecule is CC/C=C\C/C=C\C/C=C\C/C=C\C/C=C\C/C=C\CCCCCCCCC(=O)OCC(COC(=O)CCCCCCCC/C=C\C/C=C\C/C=C\CCCCC)OC(=O)CCCCCCCC/C=C\C/C=C\C/C=C\CCCCCCC. The van der Waals surface area contributed by atoms with E-state index in [1.165, 1.54) is 103 Å². The number of hydrogen-bond donors (Lipinski definition) is 0. The maximum absolute atomic E-state index is 13.0. The molecule has 0 fully saturated rings. The summed E-state index contributed by atoms with van der Waals surface area (Å²) in [7, 11) is 0. The molecule has 0 N–H and O–H groups in total. The van der Waals surface area contributed by atoms with Crippen molar-refractivity contribution in [3.05, 3.63) is 146 Å². The van der Waals surface area contributed by atoms with Crippen molar-refractivity contribution in [2.75, 3.05) is 13.2 Å². The van der Waals surface area contributed by atoms with Crippen LogP contribution in [0, 0.1) is 0 Å². The molecule has 0 rings (SSSR count). The average Bonchev–Trinajstić information content (AvgIpc) is 3.50.